The van der Waals surface area contributed by atoms with Gasteiger partial charge in [0, 0.05) is 19.4 Å². The molecule has 4 fully saturated rings. The van der Waals surface area contributed by atoms with E-state index < -0.39 is 0 Å². The summed E-state index contributed by atoms with van der Waals surface area (Å²) in [4.78, 5) is 0. The van der Waals surface area contributed by atoms with E-state index in [4.69, 9.17) is 9.47 Å². The van der Waals surface area contributed by atoms with Crippen LogP contribution in [0.3, 0.4) is 0 Å². The molecule has 92 valence electrons. The summed E-state index contributed by atoms with van der Waals surface area (Å²) in [7, 11) is 0. The van der Waals surface area contributed by atoms with Gasteiger partial charge < -0.3 is 14.6 Å². The van der Waals surface area contributed by atoms with Gasteiger partial charge in [-0.15, -0.1) is 0 Å². The molecule has 3 heteroatoms. The van der Waals surface area contributed by atoms with Crippen LogP contribution in [0.1, 0.15) is 45.4 Å². The van der Waals surface area contributed by atoms with Crippen molar-refractivity contribution in [3.05, 3.63) is 0 Å². The maximum Gasteiger partial charge on any atom is 0.169 e. The third-order valence-electron chi connectivity index (χ3n) is 4.45. The van der Waals surface area contributed by atoms with E-state index in [1.165, 1.54) is 6.42 Å². The monoisotopic (exact) mass is 226 g/mol. The molecule has 0 radical (unpaired) electrons. The summed E-state index contributed by atoms with van der Waals surface area (Å²) >= 11 is 0. The summed E-state index contributed by atoms with van der Waals surface area (Å²) in [6, 6.07) is 0. The highest BCUT2D eigenvalue weighted by molar-refractivity contribution is 5.04. The van der Waals surface area contributed by atoms with Gasteiger partial charge in [0.25, 0.3) is 0 Å². The maximum absolute atomic E-state index is 9.59. The zero-order chi connectivity index (χ0) is 11.2. The van der Waals surface area contributed by atoms with Gasteiger partial charge in [-0.3, -0.25) is 0 Å². The van der Waals surface area contributed by atoms with Crippen LogP contribution in [-0.4, -0.2) is 29.7 Å². The van der Waals surface area contributed by atoms with Crippen LogP contribution >= 0.6 is 0 Å². The molecule has 0 aromatic rings. The standard InChI is InChI=1S/C13H22O3/c1-2-3-15-13-7-10-4-11(8-13)6-12(5-10,9-14)16-13/h10-11,14H,2-9H2,1H3. The highest BCUT2D eigenvalue weighted by Gasteiger charge is 2.59. The summed E-state index contributed by atoms with van der Waals surface area (Å²) in [5, 5.41) is 9.59. The number of ether oxygens (including phenoxy) is 2. The van der Waals surface area contributed by atoms with Crippen molar-refractivity contribution in [3.8, 4) is 0 Å². The highest BCUT2D eigenvalue weighted by Crippen LogP contribution is 2.57. The first kappa shape index (κ1) is 11.0. The maximum atomic E-state index is 9.59. The van der Waals surface area contributed by atoms with Gasteiger partial charge in [0.15, 0.2) is 5.79 Å². The fraction of sp³-hybridized carbons (Fsp3) is 1.00. The van der Waals surface area contributed by atoms with Crippen molar-refractivity contribution >= 4 is 0 Å². The molecule has 3 nitrogen and oxygen atoms in total. The summed E-state index contributed by atoms with van der Waals surface area (Å²) in [6.45, 7) is 3.07. The molecular weight excluding hydrogens is 204 g/mol. The molecule has 2 saturated carbocycles. The van der Waals surface area contributed by atoms with Crippen LogP contribution < -0.4 is 0 Å². The van der Waals surface area contributed by atoms with Crippen LogP contribution in [0.5, 0.6) is 0 Å². The lowest BCUT2D eigenvalue weighted by molar-refractivity contribution is -0.375. The predicted octanol–water partition coefficient (Wildman–Crippen LogP) is 2.08. The number of hydrogen-bond acceptors (Lipinski definition) is 3. The molecule has 0 amide bonds. The summed E-state index contributed by atoms with van der Waals surface area (Å²) in [5.41, 5.74) is -0.266. The van der Waals surface area contributed by atoms with E-state index in [0.717, 1.165) is 38.7 Å². The average Bonchev–Trinajstić information content (AvgIpc) is 2.25. The summed E-state index contributed by atoms with van der Waals surface area (Å²) in [5.74, 6) is 1.08. The second kappa shape index (κ2) is 3.69. The van der Waals surface area contributed by atoms with Gasteiger partial charge in [-0.05, 0) is 37.5 Å². The Balaban J connectivity index is 1.81. The summed E-state index contributed by atoms with van der Waals surface area (Å²) in [6.07, 6.45) is 6.53. The predicted molar refractivity (Wildman–Crippen MR) is 59.9 cm³/mol. The van der Waals surface area contributed by atoms with Gasteiger partial charge in [-0.25, -0.2) is 0 Å². The molecule has 2 heterocycles. The molecule has 4 rings (SSSR count). The molecule has 2 atom stereocenters. The molecule has 2 unspecified atom stereocenters. The highest BCUT2D eigenvalue weighted by atomic mass is 16.7. The van der Waals surface area contributed by atoms with E-state index in [1.807, 2.05) is 0 Å². The molecule has 0 aromatic carbocycles. The minimum absolute atomic E-state index is 0.164. The van der Waals surface area contributed by atoms with E-state index in [-0.39, 0.29) is 18.0 Å². The van der Waals surface area contributed by atoms with Crippen LogP contribution in [0, 0.1) is 11.8 Å². The number of hydrogen-bond donors (Lipinski definition) is 1. The van der Waals surface area contributed by atoms with Crippen LogP contribution in [0.2, 0.25) is 0 Å². The Morgan fingerprint density at radius 3 is 2.50 bits per heavy atom. The average molecular weight is 226 g/mol. The zero-order valence-corrected chi connectivity index (χ0v) is 10.1. The number of aliphatic hydroxyl groups is 1. The second-order valence-electron chi connectivity index (χ2n) is 5.99. The smallest absolute Gasteiger partial charge is 0.169 e. The Bertz CT molecular complexity index is 262. The van der Waals surface area contributed by atoms with Gasteiger partial charge in [0.1, 0.15) is 0 Å². The number of rotatable bonds is 4. The van der Waals surface area contributed by atoms with Crippen molar-refractivity contribution in [2.24, 2.45) is 11.8 Å². The third-order valence-corrected chi connectivity index (χ3v) is 4.45. The molecule has 0 aromatic heterocycles. The molecule has 4 aliphatic rings. The third kappa shape index (κ3) is 1.60. The largest absolute Gasteiger partial charge is 0.393 e. The second-order valence-corrected chi connectivity index (χ2v) is 5.99. The zero-order valence-electron chi connectivity index (χ0n) is 10.1. The lowest BCUT2D eigenvalue weighted by atomic mass is 9.61. The van der Waals surface area contributed by atoms with Crippen molar-refractivity contribution < 1.29 is 14.6 Å². The Labute approximate surface area is 97.1 Å². The van der Waals surface area contributed by atoms with E-state index in [9.17, 15) is 5.11 Å². The lowest BCUT2D eigenvalue weighted by Crippen LogP contribution is -2.63. The Hall–Kier alpha value is -0.120. The summed E-state index contributed by atoms with van der Waals surface area (Å²) < 4.78 is 12.2. The normalized spacial score (nSPS) is 49.9. The molecule has 4 bridgehead atoms. The van der Waals surface area contributed by atoms with E-state index in [0.29, 0.717) is 11.8 Å². The molecule has 0 spiro atoms. The van der Waals surface area contributed by atoms with Gasteiger partial charge in [0.05, 0.1) is 12.2 Å². The fourth-order valence-corrected chi connectivity index (χ4v) is 4.21. The van der Waals surface area contributed by atoms with Gasteiger partial charge in [-0.2, -0.15) is 0 Å². The van der Waals surface area contributed by atoms with Crippen LogP contribution in [0.25, 0.3) is 0 Å². The van der Waals surface area contributed by atoms with E-state index in [2.05, 4.69) is 6.92 Å². The van der Waals surface area contributed by atoms with E-state index >= 15 is 0 Å². The van der Waals surface area contributed by atoms with Crippen LogP contribution in [-0.2, 0) is 9.47 Å². The first-order valence-electron chi connectivity index (χ1n) is 6.64. The van der Waals surface area contributed by atoms with Crippen molar-refractivity contribution in [2.75, 3.05) is 13.2 Å². The van der Waals surface area contributed by atoms with Gasteiger partial charge >= 0.3 is 0 Å². The quantitative estimate of drug-likeness (QED) is 0.797. The molecule has 2 saturated heterocycles. The molecule has 1 N–H and O–H groups in total. The molecule has 2 aliphatic heterocycles. The molecular formula is C13H22O3. The Morgan fingerprint density at radius 1 is 1.25 bits per heavy atom. The van der Waals surface area contributed by atoms with Gasteiger partial charge in [0.2, 0.25) is 0 Å². The Morgan fingerprint density at radius 2 is 1.94 bits per heavy atom. The minimum Gasteiger partial charge on any atom is -0.393 e. The van der Waals surface area contributed by atoms with Crippen LogP contribution in [0.4, 0.5) is 0 Å². The first-order chi connectivity index (χ1) is 7.69. The molecule has 2 aliphatic carbocycles. The SMILES string of the molecule is CCCOC12CC3CC(CC(CO)(C3)O1)C2. The Kier molecular flexibility index (Phi) is 2.54. The van der Waals surface area contributed by atoms with Crippen molar-refractivity contribution in [1.29, 1.82) is 0 Å². The first-order valence-corrected chi connectivity index (χ1v) is 6.64. The fourth-order valence-electron chi connectivity index (χ4n) is 4.21. The van der Waals surface area contributed by atoms with E-state index in [1.54, 1.807) is 0 Å². The lowest BCUT2D eigenvalue weighted by Gasteiger charge is -2.60. The van der Waals surface area contributed by atoms with Crippen LogP contribution in [0.15, 0.2) is 0 Å². The van der Waals surface area contributed by atoms with Crippen molar-refractivity contribution in [3.63, 3.8) is 0 Å². The minimum atomic E-state index is -0.344. The number of aliphatic hydroxyl groups excluding tert-OH is 1. The topological polar surface area (TPSA) is 38.7 Å². The molecule has 16 heavy (non-hydrogen) atoms. The van der Waals surface area contributed by atoms with Gasteiger partial charge in [-0.1, -0.05) is 6.92 Å². The van der Waals surface area contributed by atoms with Crippen molar-refractivity contribution in [2.45, 2.75) is 56.8 Å². The van der Waals surface area contributed by atoms with Crippen molar-refractivity contribution in [1.82, 2.24) is 0 Å².